The molecule has 0 bridgehead atoms. The first-order valence-corrected chi connectivity index (χ1v) is 28.9. The number of carbonyl (C=O) groups is 1. The summed E-state index contributed by atoms with van der Waals surface area (Å²) in [7, 11) is 1.29. The maximum atomic E-state index is 12.9. The van der Waals surface area contributed by atoms with Crippen molar-refractivity contribution in [3.8, 4) is 0 Å². The molecule has 3 atom stereocenters. The van der Waals surface area contributed by atoms with Crippen LogP contribution in [0, 0.1) is 0 Å². The van der Waals surface area contributed by atoms with Crippen LogP contribution in [-0.2, 0) is 18.4 Å². The summed E-state index contributed by atoms with van der Waals surface area (Å²) in [4.78, 5) is 25.4. The molecule has 0 saturated heterocycles. The minimum atomic E-state index is -4.57. The summed E-state index contributed by atoms with van der Waals surface area (Å²) >= 11 is 0. The van der Waals surface area contributed by atoms with Gasteiger partial charge in [-0.1, -0.05) is 234 Å². The topological polar surface area (TPSA) is 108 Å². The monoisotopic (exact) mass is 957 g/mol. The molecule has 8 nitrogen and oxygen atoms in total. The zero-order valence-electron chi connectivity index (χ0n) is 44.1. The first-order chi connectivity index (χ1) is 32.5. The van der Waals surface area contributed by atoms with Crippen LogP contribution in [0.5, 0.6) is 0 Å². The standard InChI is InChI=1S/C58H105N2O6P/c1-6-8-10-12-14-16-18-20-21-22-23-24-25-26-27-28-29-30-31-32-33-34-35-36-37-38-39-40-42-44-46-48-50-52-58(62)59-56(55-66-67(63,64)65-54-53-60(3,4)5)57(61)51-49-47-45-43-41-19-17-15-13-11-9-7-2/h8,10,14,16,20-21,23-24,26-27,29-30,32-33,56-57,61H,6-7,9,11-13,15,17-19,22,25,28,31,34-55H2,1-5H3,(H-,59,62,63,64)/b10-8-,16-14-,21-20-,24-23-,27-26-,30-29-,33-32-. The molecule has 0 aliphatic heterocycles. The first kappa shape index (κ1) is 64.7. The second-order valence-electron chi connectivity index (χ2n) is 19.6. The molecular formula is C58H105N2O6P. The molecule has 0 heterocycles. The third-order valence-corrected chi connectivity index (χ3v) is 12.9. The van der Waals surface area contributed by atoms with Crippen LogP contribution in [0.2, 0.25) is 0 Å². The summed E-state index contributed by atoms with van der Waals surface area (Å²) in [5.74, 6) is -0.172. The average Bonchev–Trinajstić information content (AvgIpc) is 3.29. The van der Waals surface area contributed by atoms with Crippen LogP contribution in [-0.4, -0.2) is 68.5 Å². The molecular weight excluding hydrogens is 852 g/mol. The fourth-order valence-corrected chi connectivity index (χ4v) is 8.33. The Morgan fingerprint density at radius 1 is 0.537 bits per heavy atom. The summed E-state index contributed by atoms with van der Waals surface area (Å²) < 4.78 is 23.3. The van der Waals surface area contributed by atoms with Crippen molar-refractivity contribution in [1.82, 2.24) is 5.32 Å². The molecule has 0 aliphatic rings. The first-order valence-electron chi connectivity index (χ1n) is 27.4. The smallest absolute Gasteiger partial charge is 0.268 e. The van der Waals surface area contributed by atoms with Gasteiger partial charge in [0.2, 0.25) is 5.91 Å². The van der Waals surface area contributed by atoms with Crippen molar-refractivity contribution in [2.45, 2.75) is 238 Å². The van der Waals surface area contributed by atoms with E-state index in [1.54, 1.807) is 0 Å². The van der Waals surface area contributed by atoms with Gasteiger partial charge in [0.1, 0.15) is 13.2 Å². The van der Waals surface area contributed by atoms with E-state index in [1.165, 1.54) is 116 Å². The summed E-state index contributed by atoms with van der Waals surface area (Å²) in [5.41, 5.74) is 0. The Morgan fingerprint density at radius 3 is 1.33 bits per heavy atom. The number of nitrogens with one attached hydrogen (secondary N) is 1. The molecule has 0 saturated carbocycles. The van der Waals surface area contributed by atoms with E-state index in [0.29, 0.717) is 23.9 Å². The van der Waals surface area contributed by atoms with Crippen molar-refractivity contribution in [3.05, 3.63) is 85.1 Å². The maximum Gasteiger partial charge on any atom is 0.268 e. The van der Waals surface area contributed by atoms with Crippen molar-refractivity contribution in [2.24, 2.45) is 0 Å². The van der Waals surface area contributed by atoms with Gasteiger partial charge in [-0.15, -0.1) is 0 Å². The number of nitrogens with zero attached hydrogens (tertiary/aromatic N) is 1. The van der Waals surface area contributed by atoms with Crippen LogP contribution in [0.4, 0.5) is 0 Å². The Kier molecular flexibility index (Phi) is 47.0. The van der Waals surface area contributed by atoms with Gasteiger partial charge < -0.3 is 28.8 Å². The number of quaternary nitrogens is 1. The largest absolute Gasteiger partial charge is 0.756 e. The molecule has 3 unspecified atom stereocenters. The van der Waals surface area contributed by atoms with Gasteiger partial charge in [0.25, 0.3) is 7.82 Å². The minimum Gasteiger partial charge on any atom is -0.756 e. The number of likely N-dealkylation sites (N-methyl/N-ethyl adjacent to an activating group) is 1. The van der Waals surface area contributed by atoms with Gasteiger partial charge in [-0.2, -0.15) is 0 Å². The maximum absolute atomic E-state index is 12.9. The number of carbonyl (C=O) groups excluding carboxylic acids is 1. The second kappa shape index (κ2) is 48.7. The lowest BCUT2D eigenvalue weighted by Gasteiger charge is -2.30. The Hall–Kier alpha value is -2.32. The molecule has 1 amide bonds. The Morgan fingerprint density at radius 2 is 0.910 bits per heavy atom. The fraction of sp³-hybridized carbons (Fsp3) is 0.741. The quantitative estimate of drug-likeness (QED) is 0.0272. The lowest BCUT2D eigenvalue weighted by atomic mass is 10.0. The van der Waals surface area contributed by atoms with Crippen LogP contribution >= 0.6 is 7.82 Å². The zero-order valence-corrected chi connectivity index (χ0v) is 45.0. The summed E-state index contributed by atoms with van der Waals surface area (Å²) in [5, 5.41) is 13.9. The highest BCUT2D eigenvalue weighted by molar-refractivity contribution is 7.45. The van der Waals surface area contributed by atoms with Gasteiger partial charge >= 0.3 is 0 Å². The molecule has 0 aliphatic carbocycles. The molecule has 0 fully saturated rings. The van der Waals surface area contributed by atoms with Gasteiger partial charge in [-0.3, -0.25) is 9.36 Å². The number of aliphatic hydroxyl groups is 1. The van der Waals surface area contributed by atoms with Crippen LogP contribution in [0.25, 0.3) is 0 Å². The predicted octanol–water partition coefficient (Wildman–Crippen LogP) is 15.8. The number of hydrogen-bond donors (Lipinski definition) is 2. The van der Waals surface area contributed by atoms with Crippen LogP contribution in [0.3, 0.4) is 0 Å². The van der Waals surface area contributed by atoms with Gasteiger partial charge in [0.15, 0.2) is 0 Å². The highest BCUT2D eigenvalue weighted by Gasteiger charge is 2.24. The molecule has 388 valence electrons. The SMILES string of the molecule is CC/C=C\C/C=C\C/C=C\C/C=C\C/C=C\C/C=C\C/C=C\CCCCCCCCCCCCCC(=O)NC(COP(=O)([O-])OCC[N+](C)(C)C)C(O)CCCCCCCCCCCCCC. The summed E-state index contributed by atoms with van der Waals surface area (Å²) in [6.45, 7) is 4.59. The van der Waals surface area contributed by atoms with E-state index in [2.05, 4.69) is 104 Å². The second-order valence-corrected chi connectivity index (χ2v) is 21.0. The van der Waals surface area contributed by atoms with Crippen molar-refractivity contribution in [3.63, 3.8) is 0 Å². The molecule has 67 heavy (non-hydrogen) atoms. The predicted molar refractivity (Wildman–Crippen MR) is 288 cm³/mol. The molecule has 2 N–H and O–H groups in total. The summed E-state index contributed by atoms with van der Waals surface area (Å²) in [6, 6.07) is -0.806. The van der Waals surface area contributed by atoms with E-state index in [9.17, 15) is 19.4 Å². The van der Waals surface area contributed by atoms with Crippen molar-refractivity contribution in [1.29, 1.82) is 0 Å². The number of unbranched alkanes of at least 4 members (excludes halogenated alkanes) is 22. The van der Waals surface area contributed by atoms with Crippen LogP contribution in [0.1, 0.15) is 226 Å². The third kappa shape index (κ3) is 51.4. The van der Waals surface area contributed by atoms with E-state index < -0.39 is 20.0 Å². The van der Waals surface area contributed by atoms with Crippen molar-refractivity contribution >= 4 is 13.7 Å². The minimum absolute atomic E-state index is 0.00839. The number of phosphoric ester groups is 1. The number of allylic oxidation sites excluding steroid dienone is 14. The molecule has 0 rings (SSSR count). The Balaban J connectivity index is 4.09. The van der Waals surface area contributed by atoms with Gasteiger partial charge in [0, 0.05) is 6.42 Å². The average molecular weight is 957 g/mol. The molecule has 0 radical (unpaired) electrons. The van der Waals surface area contributed by atoms with Crippen LogP contribution < -0.4 is 10.2 Å². The number of hydrogen-bond acceptors (Lipinski definition) is 6. The summed E-state index contributed by atoms with van der Waals surface area (Å²) in [6.07, 6.45) is 67.5. The molecule has 0 spiro atoms. The van der Waals surface area contributed by atoms with Gasteiger partial charge in [0.05, 0.1) is 39.9 Å². The normalized spacial score (nSPS) is 14.7. The highest BCUT2D eigenvalue weighted by atomic mass is 31.2. The van der Waals surface area contributed by atoms with Crippen molar-refractivity contribution < 1.29 is 32.9 Å². The molecule has 0 aromatic heterocycles. The third-order valence-electron chi connectivity index (χ3n) is 11.9. The van der Waals surface area contributed by atoms with Gasteiger partial charge in [-0.25, -0.2) is 0 Å². The van der Waals surface area contributed by atoms with E-state index in [1.807, 2.05) is 21.1 Å². The Bertz CT molecular complexity index is 1360. The fourth-order valence-electron chi connectivity index (χ4n) is 7.61. The lowest BCUT2D eigenvalue weighted by molar-refractivity contribution is -0.870. The van der Waals surface area contributed by atoms with Crippen LogP contribution in [0.15, 0.2) is 85.1 Å². The zero-order chi connectivity index (χ0) is 49.2. The van der Waals surface area contributed by atoms with Gasteiger partial charge in [-0.05, 0) is 70.6 Å². The van der Waals surface area contributed by atoms with E-state index in [-0.39, 0.29) is 19.1 Å². The van der Waals surface area contributed by atoms with E-state index in [4.69, 9.17) is 9.05 Å². The molecule has 0 aromatic rings. The molecule has 0 aromatic carbocycles. The highest BCUT2D eigenvalue weighted by Crippen LogP contribution is 2.38. The van der Waals surface area contributed by atoms with E-state index >= 15 is 0 Å². The number of amides is 1. The van der Waals surface area contributed by atoms with Crippen molar-refractivity contribution in [2.75, 3.05) is 40.9 Å². The van der Waals surface area contributed by atoms with E-state index in [0.717, 1.165) is 83.5 Å². The lowest BCUT2D eigenvalue weighted by Crippen LogP contribution is -2.46. The number of phosphoric acid groups is 1. The Labute approximate surface area is 414 Å². The number of aliphatic hydroxyl groups excluding tert-OH is 1. The number of rotatable bonds is 49. The molecule has 9 heteroatoms.